The molecule has 0 amide bonds. The van der Waals surface area contributed by atoms with Crippen molar-refractivity contribution in [2.75, 3.05) is 13.2 Å². The van der Waals surface area contributed by atoms with Gasteiger partial charge < -0.3 is 14.2 Å². The lowest BCUT2D eigenvalue weighted by Gasteiger charge is -2.18. The fourth-order valence-corrected chi connectivity index (χ4v) is 6.22. The molecule has 0 aliphatic carbocycles. The number of rotatable bonds is 41. The van der Waals surface area contributed by atoms with Crippen LogP contribution in [0.2, 0.25) is 0 Å². The van der Waals surface area contributed by atoms with Gasteiger partial charge in [-0.1, -0.05) is 178 Å². The SMILES string of the molecule is CC/C=C\C/C=C\CCCCCCCCCC(=O)OCC(COC(=O)CCCCCCC/C=C\CCCC)OC(=O)CC/C=C\C/C=C\CCCCCCCC. The van der Waals surface area contributed by atoms with E-state index in [-0.39, 0.29) is 37.5 Å². The predicted octanol–water partition coefficient (Wildman–Crippen LogP) is 14.9. The van der Waals surface area contributed by atoms with Crippen molar-refractivity contribution in [1.29, 1.82) is 0 Å². The fraction of sp³-hybridized carbons (Fsp3) is 0.740. The average Bonchev–Trinajstić information content (AvgIpc) is 3.19. The highest BCUT2D eigenvalue weighted by Gasteiger charge is 2.19. The maximum absolute atomic E-state index is 12.7. The van der Waals surface area contributed by atoms with Crippen LogP contribution in [0.25, 0.3) is 0 Å². The van der Waals surface area contributed by atoms with E-state index in [1.54, 1.807) is 0 Å². The second-order valence-electron chi connectivity index (χ2n) is 15.3. The van der Waals surface area contributed by atoms with E-state index in [1.165, 1.54) is 89.9 Å². The number of esters is 3. The summed E-state index contributed by atoms with van der Waals surface area (Å²) in [7, 11) is 0. The number of carbonyl (C=O) groups excluding carboxylic acids is 3. The Hall–Kier alpha value is -2.89. The van der Waals surface area contributed by atoms with Gasteiger partial charge in [0.05, 0.1) is 0 Å². The third-order valence-corrected chi connectivity index (χ3v) is 9.74. The Labute approximate surface area is 345 Å². The van der Waals surface area contributed by atoms with Crippen LogP contribution >= 0.6 is 0 Å². The summed E-state index contributed by atoms with van der Waals surface area (Å²) in [5.41, 5.74) is 0. The lowest BCUT2D eigenvalue weighted by Crippen LogP contribution is -2.30. The van der Waals surface area contributed by atoms with Crippen LogP contribution in [0, 0.1) is 0 Å². The van der Waals surface area contributed by atoms with Crippen LogP contribution in [-0.4, -0.2) is 37.2 Å². The fourth-order valence-electron chi connectivity index (χ4n) is 6.22. The van der Waals surface area contributed by atoms with E-state index in [0.717, 1.165) is 83.5 Å². The Morgan fingerprint density at radius 2 is 0.750 bits per heavy atom. The van der Waals surface area contributed by atoms with Gasteiger partial charge in [0.2, 0.25) is 0 Å². The molecule has 6 heteroatoms. The van der Waals surface area contributed by atoms with Crippen molar-refractivity contribution in [3.63, 3.8) is 0 Å². The number of carbonyl (C=O) groups is 3. The van der Waals surface area contributed by atoms with Crippen LogP contribution < -0.4 is 0 Å². The minimum atomic E-state index is -0.808. The molecule has 0 saturated carbocycles. The Morgan fingerprint density at radius 1 is 0.375 bits per heavy atom. The van der Waals surface area contributed by atoms with Gasteiger partial charge in [0.1, 0.15) is 13.2 Å². The monoisotopic (exact) mass is 783 g/mol. The molecule has 0 aliphatic heterocycles. The third-order valence-electron chi connectivity index (χ3n) is 9.74. The molecular weight excluding hydrogens is 697 g/mol. The number of hydrogen-bond donors (Lipinski definition) is 0. The first-order chi connectivity index (χ1) is 27.5. The number of unbranched alkanes of at least 4 members (excludes halogenated alkanes) is 20. The highest BCUT2D eigenvalue weighted by Crippen LogP contribution is 2.13. The largest absolute Gasteiger partial charge is 0.462 e. The number of ether oxygens (including phenoxy) is 3. The minimum Gasteiger partial charge on any atom is -0.462 e. The summed E-state index contributed by atoms with van der Waals surface area (Å²) in [6, 6.07) is 0. The highest BCUT2D eigenvalue weighted by atomic mass is 16.6. The van der Waals surface area contributed by atoms with E-state index in [0.29, 0.717) is 19.3 Å². The smallest absolute Gasteiger partial charge is 0.306 e. The van der Waals surface area contributed by atoms with Gasteiger partial charge in [0, 0.05) is 19.3 Å². The van der Waals surface area contributed by atoms with Gasteiger partial charge in [-0.15, -0.1) is 0 Å². The van der Waals surface area contributed by atoms with Gasteiger partial charge in [-0.3, -0.25) is 14.4 Å². The first-order valence-corrected chi connectivity index (χ1v) is 23.3. The van der Waals surface area contributed by atoms with Gasteiger partial charge in [0.15, 0.2) is 6.10 Å². The zero-order valence-electron chi connectivity index (χ0n) is 36.6. The van der Waals surface area contributed by atoms with Crippen molar-refractivity contribution in [2.45, 2.75) is 226 Å². The van der Waals surface area contributed by atoms with E-state index < -0.39 is 6.10 Å². The Balaban J connectivity index is 4.46. The lowest BCUT2D eigenvalue weighted by atomic mass is 10.1. The molecule has 1 atom stereocenters. The zero-order valence-corrected chi connectivity index (χ0v) is 36.6. The molecule has 6 nitrogen and oxygen atoms in total. The summed E-state index contributed by atoms with van der Waals surface area (Å²) < 4.78 is 16.6. The number of allylic oxidation sites excluding steroid dienone is 10. The molecule has 56 heavy (non-hydrogen) atoms. The predicted molar refractivity (Wildman–Crippen MR) is 238 cm³/mol. The summed E-state index contributed by atoms with van der Waals surface area (Å²) in [4.78, 5) is 37.7. The van der Waals surface area contributed by atoms with E-state index >= 15 is 0 Å². The molecule has 0 saturated heterocycles. The van der Waals surface area contributed by atoms with Crippen LogP contribution in [-0.2, 0) is 28.6 Å². The Kier molecular flexibility index (Phi) is 42.5. The molecule has 0 radical (unpaired) electrons. The molecule has 0 aromatic carbocycles. The molecule has 322 valence electrons. The highest BCUT2D eigenvalue weighted by molar-refractivity contribution is 5.71. The normalized spacial score (nSPS) is 12.6. The summed E-state index contributed by atoms with van der Waals surface area (Å²) in [5.74, 6) is -0.993. The quantitative estimate of drug-likeness (QED) is 0.0266. The summed E-state index contributed by atoms with van der Waals surface area (Å²) in [6.07, 6.45) is 53.6. The van der Waals surface area contributed by atoms with Crippen LogP contribution in [0.1, 0.15) is 220 Å². The van der Waals surface area contributed by atoms with Gasteiger partial charge in [-0.2, -0.15) is 0 Å². The second-order valence-corrected chi connectivity index (χ2v) is 15.3. The summed E-state index contributed by atoms with van der Waals surface area (Å²) in [6.45, 7) is 6.41. The van der Waals surface area contributed by atoms with Gasteiger partial charge >= 0.3 is 17.9 Å². The maximum Gasteiger partial charge on any atom is 0.306 e. The van der Waals surface area contributed by atoms with Crippen molar-refractivity contribution in [3.8, 4) is 0 Å². The van der Waals surface area contributed by atoms with Crippen molar-refractivity contribution >= 4 is 17.9 Å². The molecule has 0 aromatic heterocycles. The van der Waals surface area contributed by atoms with Crippen molar-refractivity contribution in [1.82, 2.24) is 0 Å². The first-order valence-electron chi connectivity index (χ1n) is 23.3. The summed E-state index contributed by atoms with van der Waals surface area (Å²) in [5, 5.41) is 0. The van der Waals surface area contributed by atoms with Gasteiger partial charge in [0.25, 0.3) is 0 Å². The minimum absolute atomic E-state index is 0.104. The van der Waals surface area contributed by atoms with Crippen molar-refractivity contribution in [3.05, 3.63) is 60.8 Å². The number of hydrogen-bond acceptors (Lipinski definition) is 6. The van der Waals surface area contributed by atoms with Crippen LogP contribution in [0.4, 0.5) is 0 Å². The van der Waals surface area contributed by atoms with Crippen molar-refractivity contribution < 1.29 is 28.6 Å². The van der Waals surface area contributed by atoms with E-state index in [2.05, 4.69) is 75.5 Å². The summed E-state index contributed by atoms with van der Waals surface area (Å²) >= 11 is 0. The molecule has 0 spiro atoms. The molecule has 0 aromatic rings. The molecule has 0 rings (SSSR count). The van der Waals surface area contributed by atoms with E-state index in [9.17, 15) is 14.4 Å². The standard InChI is InChI=1S/C50H86O6/c1-4-7-10-13-16-19-22-24-26-28-31-34-37-40-43-49(52)55-46-47(45-54-48(51)42-39-36-33-30-27-21-18-15-12-9-6-3)56-50(53)44-41-38-35-32-29-25-23-20-17-14-11-8-5-2/h7,10,15-16,18-19,25,29,35,38,47H,4-6,8-9,11-14,17,20-24,26-28,30-34,36-37,39-46H2,1-3H3/b10-7-,18-15-,19-16-,29-25-,38-35-. The average molecular weight is 783 g/mol. The van der Waals surface area contributed by atoms with Gasteiger partial charge in [-0.05, 0) is 83.5 Å². The van der Waals surface area contributed by atoms with Crippen LogP contribution in [0.3, 0.4) is 0 Å². The van der Waals surface area contributed by atoms with Crippen LogP contribution in [0.15, 0.2) is 60.8 Å². The van der Waals surface area contributed by atoms with Gasteiger partial charge in [-0.25, -0.2) is 0 Å². The first kappa shape index (κ1) is 53.1. The second kappa shape index (κ2) is 44.8. The Morgan fingerprint density at radius 3 is 1.21 bits per heavy atom. The molecule has 1 unspecified atom stereocenters. The Bertz CT molecular complexity index is 1040. The molecule has 0 aliphatic rings. The molecule has 0 heterocycles. The molecule has 0 N–H and O–H groups in total. The molecule has 0 fully saturated rings. The third kappa shape index (κ3) is 42.3. The molecule has 0 bridgehead atoms. The lowest BCUT2D eigenvalue weighted by molar-refractivity contribution is -0.166. The topological polar surface area (TPSA) is 78.9 Å². The van der Waals surface area contributed by atoms with E-state index in [1.807, 2.05) is 6.08 Å². The maximum atomic E-state index is 12.7. The molecular formula is C50H86O6. The van der Waals surface area contributed by atoms with E-state index in [4.69, 9.17) is 14.2 Å². The van der Waals surface area contributed by atoms with Crippen LogP contribution in [0.5, 0.6) is 0 Å². The zero-order chi connectivity index (χ0) is 40.8. The van der Waals surface area contributed by atoms with Crippen molar-refractivity contribution in [2.24, 2.45) is 0 Å².